The van der Waals surface area contributed by atoms with Crippen molar-refractivity contribution in [1.29, 1.82) is 0 Å². The molecule has 0 aromatic carbocycles. The fourth-order valence-electron chi connectivity index (χ4n) is 2.99. The van der Waals surface area contributed by atoms with Gasteiger partial charge in [0.05, 0.1) is 0 Å². The second-order valence-electron chi connectivity index (χ2n) is 5.73. The van der Waals surface area contributed by atoms with Crippen LogP contribution in [-0.2, 0) is 4.79 Å². The number of carbonyl (C=O) groups is 1. The molecule has 2 fully saturated rings. The van der Waals surface area contributed by atoms with Gasteiger partial charge in [-0.05, 0) is 31.6 Å². The number of piperidine rings is 1. The van der Waals surface area contributed by atoms with Crippen LogP contribution in [0.2, 0.25) is 0 Å². The highest BCUT2D eigenvalue weighted by atomic mass is 35.5. The molecule has 0 aliphatic carbocycles. The number of rotatable bonds is 2. The molecule has 0 N–H and O–H groups in total. The Morgan fingerprint density at radius 1 is 1.19 bits per heavy atom. The van der Waals surface area contributed by atoms with Crippen LogP contribution < -0.4 is 0 Å². The molecule has 2 aliphatic rings. The molecule has 16 heavy (non-hydrogen) atoms. The first-order valence-electron chi connectivity index (χ1n) is 6.47. The van der Waals surface area contributed by atoms with Crippen molar-refractivity contribution in [3.8, 4) is 0 Å². The molecule has 0 aromatic heterocycles. The first kappa shape index (κ1) is 12.2. The lowest BCUT2D eigenvalue weighted by Crippen LogP contribution is -2.49. The van der Waals surface area contributed by atoms with Gasteiger partial charge in [-0.2, -0.15) is 0 Å². The smallest absolute Gasteiger partial charge is 0.226 e. The minimum absolute atomic E-state index is 0.148. The van der Waals surface area contributed by atoms with E-state index in [1.165, 1.54) is 0 Å². The van der Waals surface area contributed by atoms with Crippen molar-refractivity contribution in [1.82, 2.24) is 4.90 Å². The highest BCUT2D eigenvalue weighted by Gasteiger charge is 2.43. The zero-order valence-electron chi connectivity index (χ0n) is 10.4. The van der Waals surface area contributed by atoms with Crippen LogP contribution in [0.1, 0.15) is 46.5 Å². The van der Waals surface area contributed by atoms with Crippen LogP contribution in [0.4, 0.5) is 0 Å². The summed E-state index contributed by atoms with van der Waals surface area (Å²) >= 11 is 6.22. The Hall–Kier alpha value is -0.240. The van der Waals surface area contributed by atoms with Crippen molar-refractivity contribution in [3.05, 3.63) is 0 Å². The second-order valence-corrected chi connectivity index (χ2v) is 6.35. The van der Waals surface area contributed by atoms with Gasteiger partial charge in [-0.25, -0.2) is 0 Å². The molecule has 1 amide bonds. The second kappa shape index (κ2) is 4.56. The van der Waals surface area contributed by atoms with Gasteiger partial charge < -0.3 is 4.90 Å². The van der Waals surface area contributed by atoms with Gasteiger partial charge in [0.1, 0.15) is 0 Å². The summed E-state index contributed by atoms with van der Waals surface area (Å²) in [5, 5.41) is 0.288. The molecule has 3 heteroatoms. The fraction of sp³-hybridized carbons (Fsp3) is 0.923. The van der Waals surface area contributed by atoms with Gasteiger partial charge in [-0.3, -0.25) is 4.79 Å². The zero-order chi connectivity index (χ0) is 11.9. The number of alkyl halides is 1. The van der Waals surface area contributed by atoms with Gasteiger partial charge in [0.2, 0.25) is 5.91 Å². The number of nitrogens with zero attached hydrogens (tertiary/aromatic N) is 1. The minimum Gasteiger partial charge on any atom is -0.336 e. The van der Waals surface area contributed by atoms with Crippen molar-refractivity contribution in [2.24, 2.45) is 11.8 Å². The zero-order valence-corrected chi connectivity index (χ0v) is 11.2. The van der Waals surface area contributed by atoms with Gasteiger partial charge in [0, 0.05) is 23.4 Å². The van der Waals surface area contributed by atoms with Crippen molar-refractivity contribution < 1.29 is 4.79 Å². The van der Waals surface area contributed by atoms with Crippen LogP contribution in [0.25, 0.3) is 0 Å². The predicted octanol–water partition coefficient (Wildman–Crippen LogP) is 3.04. The molecular weight excluding hydrogens is 222 g/mol. The van der Waals surface area contributed by atoms with Crippen LogP contribution >= 0.6 is 11.6 Å². The Morgan fingerprint density at radius 3 is 2.12 bits per heavy atom. The molecule has 0 saturated carbocycles. The fourth-order valence-corrected chi connectivity index (χ4v) is 3.40. The molecule has 3 unspecified atom stereocenters. The van der Waals surface area contributed by atoms with Crippen molar-refractivity contribution in [2.75, 3.05) is 0 Å². The van der Waals surface area contributed by atoms with Crippen LogP contribution in [-0.4, -0.2) is 28.3 Å². The summed E-state index contributed by atoms with van der Waals surface area (Å²) in [5.74, 6) is 0.932. The lowest BCUT2D eigenvalue weighted by Gasteiger charge is -2.39. The van der Waals surface area contributed by atoms with E-state index in [9.17, 15) is 4.79 Å². The highest BCUT2D eigenvalue weighted by Crippen LogP contribution is 2.39. The predicted molar refractivity (Wildman–Crippen MR) is 66.5 cm³/mol. The SMILES string of the molecule is CC(C)C(C)C(=O)N1C2CCC1CC(Cl)C2. The molecule has 2 aliphatic heterocycles. The Kier molecular flexibility index (Phi) is 3.48. The molecule has 2 bridgehead atoms. The number of hydrogen-bond acceptors (Lipinski definition) is 1. The average Bonchev–Trinajstić information content (AvgIpc) is 2.49. The van der Waals surface area contributed by atoms with Crippen molar-refractivity contribution >= 4 is 17.5 Å². The van der Waals surface area contributed by atoms with Crippen molar-refractivity contribution in [2.45, 2.75) is 63.9 Å². The van der Waals surface area contributed by atoms with Crippen LogP contribution in [0.15, 0.2) is 0 Å². The molecule has 0 aromatic rings. The van der Waals surface area contributed by atoms with Gasteiger partial charge in [0.15, 0.2) is 0 Å². The van der Waals surface area contributed by atoms with E-state index in [-0.39, 0.29) is 11.3 Å². The average molecular weight is 244 g/mol. The summed E-state index contributed by atoms with van der Waals surface area (Å²) in [6, 6.07) is 0.852. The van der Waals surface area contributed by atoms with E-state index in [4.69, 9.17) is 11.6 Å². The van der Waals surface area contributed by atoms with Gasteiger partial charge in [-0.1, -0.05) is 20.8 Å². The summed E-state index contributed by atoms with van der Waals surface area (Å²) in [6.07, 6.45) is 4.30. The number of fused-ring (bicyclic) bond motifs is 2. The third kappa shape index (κ3) is 2.09. The summed E-state index contributed by atoms with van der Waals surface area (Å²) in [4.78, 5) is 14.5. The van der Waals surface area contributed by atoms with Gasteiger partial charge in [-0.15, -0.1) is 11.6 Å². The Bertz CT molecular complexity index is 265. The molecule has 0 spiro atoms. The molecule has 3 atom stereocenters. The summed E-state index contributed by atoms with van der Waals surface area (Å²) in [6.45, 7) is 6.30. The van der Waals surface area contributed by atoms with E-state index in [0.717, 1.165) is 25.7 Å². The topological polar surface area (TPSA) is 20.3 Å². The normalized spacial score (nSPS) is 35.6. The maximum atomic E-state index is 12.4. The molecule has 0 radical (unpaired) electrons. The van der Waals surface area contributed by atoms with E-state index in [2.05, 4.69) is 25.7 Å². The van der Waals surface area contributed by atoms with E-state index in [1.54, 1.807) is 0 Å². The largest absolute Gasteiger partial charge is 0.336 e. The molecule has 2 rings (SSSR count). The summed E-state index contributed by atoms with van der Waals surface area (Å²) in [7, 11) is 0. The van der Waals surface area contributed by atoms with E-state index >= 15 is 0 Å². The number of amides is 1. The molecule has 2 nitrogen and oxygen atoms in total. The minimum atomic E-state index is 0.148. The molecule has 92 valence electrons. The van der Waals surface area contributed by atoms with E-state index in [0.29, 0.717) is 23.9 Å². The maximum Gasteiger partial charge on any atom is 0.226 e. The monoisotopic (exact) mass is 243 g/mol. The number of carbonyl (C=O) groups excluding carboxylic acids is 1. The van der Waals surface area contributed by atoms with Crippen LogP contribution in [0, 0.1) is 11.8 Å². The maximum absolute atomic E-state index is 12.4. The molecule has 2 heterocycles. The lowest BCUT2D eigenvalue weighted by molar-refractivity contribution is -0.140. The third-order valence-electron chi connectivity index (χ3n) is 4.32. The lowest BCUT2D eigenvalue weighted by atomic mass is 9.93. The Morgan fingerprint density at radius 2 is 1.69 bits per heavy atom. The number of halogens is 1. The van der Waals surface area contributed by atoms with Crippen LogP contribution in [0.5, 0.6) is 0 Å². The quantitative estimate of drug-likeness (QED) is 0.683. The molecular formula is C13H22ClNO. The van der Waals surface area contributed by atoms with Crippen LogP contribution in [0.3, 0.4) is 0 Å². The third-order valence-corrected chi connectivity index (χ3v) is 4.68. The van der Waals surface area contributed by atoms with Gasteiger partial charge >= 0.3 is 0 Å². The Labute approximate surface area is 103 Å². The van der Waals surface area contributed by atoms with Crippen molar-refractivity contribution in [3.63, 3.8) is 0 Å². The summed E-state index contributed by atoms with van der Waals surface area (Å²) in [5.41, 5.74) is 0. The highest BCUT2D eigenvalue weighted by molar-refractivity contribution is 6.20. The van der Waals surface area contributed by atoms with E-state index in [1.807, 2.05) is 0 Å². The first-order valence-corrected chi connectivity index (χ1v) is 6.90. The summed E-state index contributed by atoms with van der Waals surface area (Å²) < 4.78 is 0. The van der Waals surface area contributed by atoms with E-state index < -0.39 is 0 Å². The first-order chi connectivity index (χ1) is 7.50. The molecule has 2 saturated heterocycles. The number of hydrogen-bond donors (Lipinski definition) is 0. The van der Waals surface area contributed by atoms with Gasteiger partial charge in [0.25, 0.3) is 0 Å². The standard InChI is InChI=1S/C13H22ClNO/c1-8(2)9(3)13(16)15-11-4-5-12(15)7-10(14)6-11/h8-12H,4-7H2,1-3H3. The Balaban J connectivity index is 2.08.